The van der Waals surface area contributed by atoms with Gasteiger partial charge >= 0.3 is 5.97 Å². The predicted octanol–water partition coefficient (Wildman–Crippen LogP) is 3.30. The van der Waals surface area contributed by atoms with Crippen molar-refractivity contribution in [1.82, 2.24) is 0 Å². The molecule has 78 valence electrons. The van der Waals surface area contributed by atoms with Crippen LogP contribution >= 0.6 is 0 Å². The summed E-state index contributed by atoms with van der Waals surface area (Å²) in [4.78, 5) is 10.6. The molecule has 1 aliphatic carbocycles. The van der Waals surface area contributed by atoms with E-state index in [1.54, 1.807) is 6.92 Å². The van der Waals surface area contributed by atoms with Gasteiger partial charge in [0.15, 0.2) is 0 Å². The van der Waals surface area contributed by atoms with Crippen LogP contribution in [0.25, 0.3) is 0 Å². The van der Waals surface area contributed by atoms with E-state index < -0.39 is 5.97 Å². The Labute approximate surface area is 85.3 Å². The van der Waals surface area contributed by atoms with Crippen molar-refractivity contribution in [3.8, 4) is 0 Å². The number of hydrogen-bond acceptors (Lipinski definition) is 1. The number of rotatable bonds is 2. The molecule has 1 aliphatic rings. The molecule has 0 unspecified atom stereocenters. The van der Waals surface area contributed by atoms with Crippen LogP contribution in [0, 0.1) is 0 Å². The minimum Gasteiger partial charge on any atom is -0.478 e. The Morgan fingerprint density at radius 3 is 2.79 bits per heavy atom. The van der Waals surface area contributed by atoms with Gasteiger partial charge in [-0.05, 0) is 38.7 Å². The van der Waals surface area contributed by atoms with Crippen molar-refractivity contribution >= 4 is 5.97 Å². The highest BCUT2D eigenvalue weighted by molar-refractivity contribution is 5.86. The van der Waals surface area contributed by atoms with Crippen LogP contribution in [-0.4, -0.2) is 11.1 Å². The quantitative estimate of drug-likeness (QED) is 0.685. The zero-order valence-electron chi connectivity index (χ0n) is 8.75. The first-order valence-corrected chi connectivity index (χ1v) is 5.31. The SMILES string of the molecule is C/C(=C\C1=C\CCCCCC1)C(=O)O. The van der Waals surface area contributed by atoms with E-state index in [1.807, 2.05) is 6.08 Å². The van der Waals surface area contributed by atoms with Crippen molar-refractivity contribution in [2.24, 2.45) is 0 Å². The summed E-state index contributed by atoms with van der Waals surface area (Å²) in [6, 6.07) is 0. The minimum atomic E-state index is -0.812. The average Bonchev–Trinajstić information content (AvgIpc) is 2.08. The van der Waals surface area contributed by atoms with Gasteiger partial charge in [-0.3, -0.25) is 0 Å². The second-order valence-corrected chi connectivity index (χ2v) is 3.86. The van der Waals surface area contributed by atoms with Crippen LogP contribution in [0.5, 0.6) is 0 Å². The van der Waals surface area contributed by atoms with E-state index in [0.717, 1.165) is 12.8 Å². The van der Waals surface area contributed by atoms with E-state index >= 15 is 0 Å². The van der Waals surface area contributed by atoms with E-state index in [2.05, 4.69) is 6.08 Å². The lowest BCUT2D eigenvalue weighted by Crippen LogP contribution is -1.97. The maximum Gasteiger partial charge on any atom is 0.331 e. The first kappa shape index (κ1) is 11.0. The molecule has 2 heteroatoms. The molecule has 0 bridgehead atoms. The zero-order chi connectivity index (χ0) is 10.4. The summed E-state index contributed by atoms with van der Waals surface area (Å²) in [5, 5.41) is 8.74. The molecule has 0 aliphatic heterocycles. The van der Waals surface area contributed by atoms with Crippen LogP contribution in [0.1, 0.15) is 45.4 Å². The van der Waals surface area contributed by atoms with Gasteiger partial charge in [-0.2, -0.15) is 0 Å². The topological polar surface area (TPSA) is 37.3 Å². The van der Waals surface area contributed by atoms with E-state index in [4.69, 9.17) is 5.11 Å². The minimum absolute atomic E-state index is 0.442. The monoisotopic (exact) mass is 194 g/mol. The van der Waals surface area contributed by atoms with Gasteiger partial charge in [0, 0.05) is 5.57 Å². The molecule has 1 rings (SSSR count). The van der Waals surface area contributed by atoms with Crippen molar-refractivity contribution < 1.29 is 9.90 Å². The predicted molar refractivity (Wildman–Crippen MR) is 57.2 cm³/mol. The third-order valence-corrected chi connectivity index (χ3v) is 2.57. The molecule has 0 atom stereocenters. The number of carboxylic acid groups (broad SMARTS) is 1. The largest absolute Gasteiger partial charge is 0.478 e. The molecule has 0 radical (unpaired) electrons. The van der Waals surface area contributed by atoms with Gasteiger partial charge in [-0.25, -0.2) is 4.79 Å². The maximum atomic E-state index is 10.6. The number of allylic oxidation sites excluding steroid dienone is 3. The Morgan fingerprint density at radius 1 is 1.36 bits per heavy atom. The fraction of sp³-hybridized carbons (Fsp3) is 0.583. The van der Waals surface area contributed by atoms with Gasteiger partial charge in [-0.1, -0.05) is 24.5 Å². The summed E-state index contributed by atoms with van der Waals surface area (Å²) in [5.74, 6) is -0.812. The summed E-state index contributed by atoms with van der Waals surface area (Å²) in [6.45, 7) is 1.65. The third-order valence-electron chi connectivity index (χ3n) is 2.57. The van der Waals surface area contributed by atoms with Crippen LogP contribution in [0.15, 0.2) is 23.3 Å². The Bertz CT molecular complexity index is 261. The van der Waals surface area contributed by atoms with E-state index in [0.29, 0.717) is 5.57 Å². The average molecular weight is 194 g/mol. The highest BCUT2D eigenvalue weighted by atomic mass is 16.4. The van der Waals surface area contributed by atoms with E-state index in [-0.39, 0.29) is 0 Å². The zero-order valence-corrected chi connectivity index (χ0v) is 8.75. The van der Waals surface area contributed by atoms with Gasteiger partial charge < -0.3 is 5.11 Å². The van der Waals surface area contributed by atoms with Gasteiger partial charge in [0.1, 0.15) is 0 Å². The fourth-order valence-corrected chi connectivity index (χ4v) is 1.69. The van der Waals surface area contributed by atoms with E-state index in [9.17, 15) is 4.79 Å². The van der Waals surface area contributed by atoms with Crippen molar-refractivity contribution in [3.05, 3.63) is 23.3 Å². The lowest BCUT2D eigenvalue weighted by molar-refractivity contribution is -0.132. The molecule has 0 spiro atoms. The summed E-state index contributed by atoms with van der Waals surface area (Å²) >= 11 is 0. The lowest BCUT2D eigenvalue weighted by Gasteiger charge is -2.08. The standard InChI is InChI=1S/C12H18O2/c1-10(12(13)14)9-11-7-5-3-2-4-6-8-11/h7,9H,2-6,8H2,1H3,(H,13,14)/b10-9+,11-7+. The Hall–Kier alpha value is -1.05. The van der Waals surface area contributed by atoms with Gasteiger partial charge in [-0.15, -0.1) is 0 Å². The van der Waals surface area contributed by atoms with Crippen LogP contribution in [0.3, 0.4) is 0 Å². The second kappa shape index (κ2) is 5.63. The summed E-state index contributed by atoms with van der Waals surface area (Å²) in [5.41, 5.74) is 1.64. The summed E-state index contributed by atoms with van der Waals surface area (Å²) in [6.07, 6.45) is 11.1. The first-order valence-electron chi connectivity index (χ1n) is 5.31. The molecular formula is C12H18O2. The molecule has 0 fully saturated rings. The normalized spacial score (nSPS) is 23.2. The maximum absolute atomic E-state index is 10.6. The van der Waals surface area contributed by atoms with Crippen molar-refractivity contribution in [3.63, 3.8) is 0 Å². The van der Waals surface area contributed by atoms with Crippen LogP contribution < -0.4 is 0 Å². The fourth-order valence-electron chi connectivity index (χ4n) is 1.69. The molecule has 0 aromatic heterocycles. The summed E-state index contributed by atoms with van der Waals surface area (Å²) < 4.78 is 0. The van der Waals surface area contributed by atoms with Crippen molar-refractivity contribution in [2.75, 3.05) is 0 Å². The Morgan fingerprint density at radius 2 is 2.07 bits per heavy atom. The van der Waals surface area contributed by atoms with Gasteiger partial charge in [0.2, 0.25) is 0 Å². The highest BCUT2D eigenvalue weighted by Gasteiger charge is 2.03. The molecule has 0 amide bonds. The third kappa shape index (κ3) is 3.77. The van der Waals surface area contributed by atoms with Crippen LogP contribution in [-0.2, 0) is 4.79 Å². The lowest BCUT2D eigenvalue weighted by atomic mass is 9.98. The molecule has 2 nitrogen and oxygen atoms in total. The van der Waals surface area contributed by atoms with E-state index in [1.165, 1.54) is 31.3 Å². The summed E-state index contributed by atoms with van der Waals surface area (Å²) in [7, 11) is 0. The molecule has 14 heavy (non-hydrogen) atoms. The Kier molecular flexibility index (Phi) is 4.44. The molecule has 0 heterocycles. The molecule has 0 saturated heterocycles. The first-order chi connectivity index (χ1) is 6.70. The highest BCUT2D eigenvalue weighted by Crippen LogP contribution is 2.18. The molecule has 0 saturated carbocycles. The number of aliphatic carboxylic acids is 1. The molecular weight excluding hydrogens is 176 g/mol. The molecule has 0 aromatic rings. The number of hydrogen-bond donors (Lipinski definition) is 1. The van der Waals surface area contributed by atoms with Crippen LogP contribution in [0.2, 0.25) is 0 Å². The van der Waals surface area contributed by atoms with Crippen molar-refractivity contribution in [2.45, 2.75) is 45.4 Å². The molecule has 1 N–H and O–H groups in total. The second-order valence-electron chi connectivity index (χ2n) is 3.86. The smallest absolute Gasteiger partial charge is 0.331 e. The van der Waals surface area contributed by atoms with Crippen LogP contribution in [0.4, 0.5) is 0 Å². The van der Waals surface area contributed by atoms with Gasteiger partial charge in [0.25, 0.3) is 0 Å². The number of carboxylic acids is 1. The Balaban J connectivity index is 2.64. The molecule has 0 aromatic carbocycles. The van der Waals surface area contributed by atoms with Gasteiger partial charge in [0.05, 0.1) is 0 Å². The van der Waals surface area contributed by atoms with Crippen molar-refractivity contribution in [1.29, 1.82) is 0 Å². The number of carbonyl (C=O) groups is 1.